The number of halogens is 2. The van der Waals surface area contributed by atoms with E-state index in [0.29, 0.717) is 10.0 Å². The van der Waals surface area contributed by atoms with Gasteiger partial charge in [0.15, 0.2) is 0 Å². The summed E-state index contributed by atoms with van der Waals surface area (Å²) in [6, 6.07) is 3.67. The van der Waals surface area contributed by atoms with E-state index < -0.39 is 0 Å². The first kappa shape index (κ1) is 9.56. The molecule has 0 radical (unpaired) electrons. The van der Waals surface area contributed by atoms with Crippen molar-refractivity contribution in [3.05, 3.63) is 34.6 Å². The Hall–Kier alpha value is -0.990. The fraction of sp³-hybridized carbons (Fsp3) is 0.100. The molecule has 4 heteroatoms. The van der Waals surface area contributed by atoms with Crippen LogP contribution in [0.4, 0.5) is 0 Å². The first-order chi connectivity index (χ1) is 6.74. The molecule has 0 amide bonds. The Balaban J connectivity index is 2.77. The zero-order valence-electron chi connectivity index (χ0n) is 7.54. The van der Waals surface area contributed by atoms with Crippen molar-refractivity contribution in [2.45, 2.75) is 6.92 Å². The van der Waals surface area contributed by atoms with Crippen molar-refractivity contribution in [1.29, 1.82) is 0 Å². The van der Waals surface area contributed by atoms with Gasteiger partial charge in [0.1, 0.15) is 5.52 Å². The maximum atomic E-state index is 6.01. The van der Waals surface area contributed by atoms with Crippen LogP contribution >= 0.6 is 23.2 Å². The van der Waals surface area contributed by atoms with Crippen LogP contribution in [0.5, 0.6) is 0 Å². The second kappa shape index (κ2) is 3.64. The van der Waals surface area contributed by atoms with E-state index in [9.17, 15) is 0 Å². The van der Waals surface area contributed by atoms with E-state index in [1.807, 2.05) is 29.8 Å². The molecular formula is C10H8Cl2N2. The summed E-state index contributed by atoms with van der Waals surface area (Å²) in [4.78, 5) is 4.19. The Kier molecular flexibility index (Phi) is 2.48. The Labute approximate surface area is 91.8 Å². The van der Waals surface area contributed by atoms with Crippen LogP contribution in [-0.4, -0.2) is 9.55 Å². The standard InChI is InChI=1S/C10H8Cl2N2/c1-2-5-14-6-13-10-8(14)4-3-7(11)9(10)12/h2-6H,1H3/b5-2+. The number of allylic oxidation sites excluding steroid dienone is 1. The highest BCUT2D eigenvalue weighted by molar-refractivity contribution is 6.44. The number of aromatic nitrogens is 2. The third kappa shape index (κ3) is 1.41. The summed E-state index contributed by atoms with van der Waals surface area (Å²) in [6.45, 7) is 1.95. The third-order valence-electron chi connectivity index (χ3n) is 1.95. The fourth-order valence-corrected chi connectivity index (χ4v) is 1.68. The molecule has 0 saturated heterocycles. The van der Waals surface area contributed by atoms with Crippen LogP contribution in [0.1, 0.15) is 6.92 Å². The van der Waals surface area contributed by atoms with Gasteiger partial charge in [0.25, 0.3) is 0 Å². The molecule has 0 fully saturated rings. The van der Waals surface area contributed by atoms with Gasteiger partial charge < -0.3 is 4.57 Å². The number of fused-ring (bicyclic) bond motifs is 1. The molecule has 2 aromatic rings. The van der Waals surface area contributed by atoms with Gasteiger partial charge in [-0.05, 0) is 19.1 Å². The van der Waals surface area contributed by atoms with Gasteiger partial charge in [-0.1, -0.05) is 29.3 Å². The van der Waals surface area contributed by atoms with E-state index in [1.165, 1.54) is 0 Å². The Bertz CT molecular complexity index is 500. The summed E-state index contributed by atoms with van der Waals surface area (Å²) >= 11 is 11.9. The van der Waals surface area contributed by atoms with E-state index in [4.69, 9.17) is 23.2 Å². The largest absolute Gasteiger partial charge is 0.306 e. The van der Waals surface area contributed by atoms with Crippen LogP contribution < -0.4 is 0 Å². The predicted molar refractivity (Wildman–Crippen MR) is 60.8 cm³/mol. The molecule has 0 N–H and O–H groups in total. The number of hydrogen-bond acceptors (Lipinski definition) is 1. The second-order valence-corrected chi connectivity index (χ2v) is 3.65. The average molecular weight is 227 g/mol. The normalized spacial score (nSPS) is 11.6. The molecule has 1 aromatic carbocycles. The smallest absolute Gasteiger partial charge is 0.109 e. The number of benzene rings is 1. The third-order valence-corrected chi connectivity index (χ3v) is 2.74. The summed E-state index contributed by atoms with van der Waals surface area (Å²) < 4.78 is 1.90. The van der Waals surface area contributed by atoms with Gasteiger partial charge in [-0.2, -0.15) is 0 Å². The summed E-state index contributed by atoms with van der Waals surface area (Å²) in [5, 5.41) is 1.04. The minimum atomic E-state index is 0.507. The molecule has 14 heavy (non-hydrogen) atoms. The molecule has 72 valence electrons. The Morgan fingerprint density at radius 2 is 2.14 bits per heavy atom. The van der Waals surface area contributed by atoms with Crippen molar-refractivity contribution < 1.29 is 0 Å². The van der Waals surface area contributed by atoms with Gasteiger partial charge in [0, 0.05) is 6.20 Å². The van der Waals surface area contributed by atoms with Crippen LogP contribution in [0.25, 0.3) is 17.2 Å². The monoisotopic (exact) mass is 226 g/mol. The highest BCUT2D eigenvalue weighted by atomic mass is 35.5. The van der Waals surface area contributed by atoms with Gasteiger partial charge in [-0.25, -0.2) is 4.98 Å². The molecule has 0 aliphatic rings. The highest BCUT2D eigenvalue weighted by Crippen LogP contribution is 2.29. The quantitative estimate of drug-likeness (QED) is 0.723. The summed E-state index contributed by atoms with van der Waals surface area (Å²) in [6.07, 6.45) is 5.57. The van der Waals surface area contributed by atoms with Crippen LogP contribution in [0, 0.1) is 0 Å². The molecule has 1 heterocycles. The lowest BCUT2D eigenvalue weighted by Crippen LogP contribution is -1.82. The van der Waals surface area contributed by atoms with Gasteiger partial charge in [-0.15, -0.1) is 0 Å². The van der Waals surface area contributed by atoms with Gasteiger partial charge >= 0.3 is 0 Å². The van der Waals surface area contributed by atoms with E-state index in [2.05, 4.69) is 4.98 Å². The first-order valence-electron chi connectivity index (χ1n) is 4.17. The minimum absolute atomic E-state index is 0.507. The summed E-state index contributed by atoms with van der Waals surface area (Å²) in [5.41, 5.74) is 1.69. The molecule has 1 aromatic heterocycles. The molecule has 0 aliphatic carbocycles. The summed E-state index contributed by atoms with van der Waals surface area (Å²) in [5.74, 6) is 0. The van der Waals surface area contributed by atoms with Gasteiger partial charge in [0.2, 0.25) is 0 Å². The molecule has 0 unspecified atom stereocenters. The molecule has 0 bridgehead atoms. The number of rotatable bonds is 1. The lowest BCUT2D eigenvalue weighted by Gasteiger charge is -1.98. The molecule has 0 saturated carbocycles. The number of hydrogen-bond donors (Lipinski definition) is 0. The van der Waals surface area contributed by atoms with Gasteiger partial charge in [-0.3, -0.25) is 0 Å². The Morgan fingerprint density at radius 3 is 2.86 bits per heavy atom. The van der Waals surface area contributed by atoms with E-state index in [0.717, 1.165) is 11.0 Å². The predicted octanol–water partition coefficient (Wildman–Crippen LogP) is 3.83. The second-order valence-electron chi connectivity index (χ2n) is 2.86. The van der Waals surface area contributed by atoms with Crippen molar-refractivity contribution in [2.24, 2.45) is 0 Å². The van der Waals surface area contributed by atoms with Crippen molar-refractivity contribution >= 4 is 40.4 Å². The Morgan fingerprint density at radius 1 is 1.36 bits per heavy atom. The zero-order valence-corrected chi connectivity index (χ0v) is 9.05. The number of nitrogens with zero attached hydrogens (tertiary/aromatic N) is 2. The molecule has 0 aliphatic heterocycles. The van der Waals surface area contributed by atoms with Crippen LogP contribution in [0.2, 0.25) is 10.0 Å². The van der Waals surface area contributed by atoms with E-state index >= 15 is 0 Å². The maximum Gasteiger partial charge on any atom is 0.109 e. The average Bonchev–Trinajstić information content (AvgIpc) is 2.57. The van der Waals surface area contributed by atoms with Gasteiger partial charge in [0.05, 0.1) is 21.9 Å². The van der Waals surface area contributed by atoms with Crippen molar-refractivity contribution in [3.8, 4) is 0 Å². The van der Waals surface area contributed by atoms with E-state index in [1.54, 1.807) is 12.4 Å². The lowest BCUT2D eigenvalue weighted by molar-refractivity contribution is 1.17. The first-order valence-corrected chi connectivity index (χ1v) is 4.93. The molecule has 0 spiro atoms. The van der Waals surface area contributed by atoms with Crippen molar-refractivity contribution in [3.63, 3.8) is 0 Å². The zero-order chi connectivity index (χ0) is 10.1. The van der Waals surface area contributed by atoms with Crippen LogP contribution in [0.3, 0.4) is 0 Å². The fourth-order valence-electron chi connectivity index (χ4n) is 1.32. The lowest BCUT2D eigenvalue weighted by atomic mass is 10.3. The van der Waals surface area contributed by atoms with Crippen LogP contribution in [0.15, 0.2) is 24.5 Å². The van der Waals surface area contributed by atoms with E-state index in [-0.39, 0.29) is 0 Å². The number of imidazole rings is 1. The topological polar surface area (TPSA) is 17.8 Å². The minimum Gasteiger partial charge on any atom is -0.306 e. The molecule has 2 nitrogen and oxygen atoms in total. The van der Waals surface area contributed by atoms with Crippen molar-refractivity contribution in [1.82, 2.24) is 9.55 Å². The maximum absolute atomic E-state index is 6.01. The van der Waals surface area contributed by atoms with Crippen LogP contribution in [-0.2, 0) is 0 Å². The molecule has 0 atom stereocenters. The SMILES string of the molecule is C/C=C/n1cnc2c(Cl)c(Cl)ccc21. The molecular weight excluding hydrogens is 219 g/mol. The molecule has 2 rings (SSSR count). The van der Waals surface area contributed by atoms with Crippen molar-refractivity contribution in [2.75, 3.05) is 0 Å². The summed E-state index contributed by atoms with van der Waals surface area (Å²) in [7, 11) is 0. The highest BCUT2D eigenvalue weighted by Gasteiger charge is 2.07.